The van der Waals surface area contributed by atoms with Gasteiger partial charge in [-0.3, -0.25) is 9.69 Å². The lowest BCUT2D eigenvalue weighted by Gasteiger charge is -2.19. The van der Waals surface area contributed by atoms with Crippen molar-refractivity contribution in [2.75, 3.05) is 38.8 Å². The van der Waals surface area contributed by atoms with Crippen molar-refractivity contribution >= 4 is 15.8 Å². The predicted octanol–water partition coefficient (Wildman–Crippen LogP) is -0.0840. The smallest absolute Gasteiger partial charge is 0.319 e. The van der Waals surface area contributed by atoms with E-state index in [-0.39, 0.29) is 18.3 Å². The van der Waals surface area contributed by atoms with Gasteiger partial charge in [-0.25, -0.2) is 8.42 Å². The number of nitrogens with zero attached hydrogens (tertiary/aromatic N) is 1. The molecule has 0 spiro atoms. The van der Waals surface area contributed by atoms with Crippen molar-refractivity contribution in [3.05, 3.63) is 0 Å². The summed E-state index contributed by atoms with van der Waals surface area (Å²) in [6.45, 7) is 3.21. The summed E-state index contributed by atoms with van der Waals surface area (Å²) >= 11 is 0. The van der Waals surface area contributed by atoms with Gasteiger partial charge in [0.15, 0.2) is 0 Å². The molecule has 0 unspecified atom stereocenters. The van der Waals surface area contributed by atoms with Crippen LogP contribution in [0.2, 0.25) is 0 Å². The van der Waals surface area contributed by atoms with Crippen LogP contribution in [0.15, 0.2) is 0 Å². The Balaban J connectivity index is 4.10. The zero-order valence-electron chi connectivity index (χ0n) is 9.52. The molecule has 0 bridgehead atoms. The first kappa shape index (κ1) is 14.4. The normalized spacial score (nSPS) is 11.7. The Bertz CT molecular complexity index is 286. The van der Waals surface area contributed by atoms with E-state index in [2.05, 4.69) is 4.74 Å². The summed E-state index contributed by atoms with van der Waals surface area (Å²) in [7, 11) is -1.65. The van der Waals surface area contributed by atoms with Crippen LogP contribution >= 0.6 is 0 Å². The van der Waals surface area contributed by atoms with E-state index in [1.807, 2.05) is 6.92 Å². The molecule has 0 saturated heterocycles. The third-order valence-electron chi connectivity index (χ3n) is 1.90. The number of carbonyl (C=O) groups is 1. The summed E-state index contributed by atoms with van der Waals surface area (Å²) in [6, 6.07) is 0. The van der Waals surface area contributed by atoms with Crippen LogP contribution in [-0.2, 0) is 19.4 Å². The molecule has 0 aromatic carbocycles. The number of rotatable bonds is 7. The van der Waals surface area contributed by atoms with Crippen LogP contribution in [-0.4, -0.2) is 58.0 Å². The van der Waals surface area contributed by atoms with Crippen molar-refractivity contribution in [3.8, 4) is 0 Å². The first-order valence-electron chi connectivity index (χ1n) is 4.86. The lowest BCUT2D eigenvalue weighted by atomic mass is 10.4. The maximum Gasteiger partial charge on any atom is 0.319 e. The Kier molecular flexibility index (Phi) is 6.51. The molecule has 0 rings (SSSR count). The highest BCUT2D eigenvalue weighted by molar-refractivity contribution is 7.90. The number of ether oxygens (including phenoxy) is 1. The predicted molar refractivity (Wildman–Crippen MR) is 58.5 cm³/mol. The molecular formula is C9H19NO4S. The molecule has 0 N–H and O–H groups in total. The Morgan fingerprint density at radius 1 is 1.33 bits per heavy atom. The van der Waals surface area contributed by atoms with Crippen molar-refractivity contribution in [2.24, 2.45) is 0 Å². The van der Waals surface area contributed by atoms with Crippen LogP contribution < -0.4 is 0 Å². The molecule has 0 fully saturated rings. The van der Waals surface area contributed by atoms with Gasteiger partial charge in [-0.2, -0.15) is 0 Å². The molecular weight excluding hydrogens is 218 g/mol. The molecule has 5 nitrogen and oxygen atoms in total. The summed E-state index contributed by atoms with van der Waals surface area (Å²) < 4.78 is 26.4. The Morgan fingerprint density at radius 2 is 1.93 bits per heavy atom. The van der Waals surface area contributed by atoms with Crippen molar-refractivity contribution in [3.63, 3.8) is 0 Å². The van der Waals surface area contributed by atoms with Gasteiger partial charge in [-0.05, 0) is 13.0 Å². The van der Waals surface area contributed by atoms with Gasteiger partial charge in [0.05, 0.1) is 19.4 Å². The van der Waals surface area contributed by atoms with E-state index in [9.17, 15) is 13.2 Å². The van der Waals surface area contributed by atoms with Gasteiger partial charge in [0.1, 0.15) is 9.84 Å². The van der Waals surface area contributed by atoms with Crippen LogP contribution in [0.25, 0.3) is 0 Å². The van der Waals surface area contributed by atoms with E-state index in [1.54, 1.807) is 4.90 Å². The zero-order chi connectivity index (χ0) is 11.9. The molecule has 0 atom stereocenters. The number of esters is 1. The summed E-state index contributed by atoms with van der Waals surface area (Å²) in [5.74, 6) is -0.263. The minimum atomic E-state index is -2.97. The van der Waals surface area contributed by atoms with E-state index >= 15 is 0 Å². The highest BCUT2D eigenvalue weighted by Crippen LogP contribution is 1.94. The third kappa shape index (κ3) is 8.38. The second-order valence-corrected chi connectivity index (χ2v) is 5.74. The molecule has 6 heteroatoms. The second-order valence-electron chi connectivity index (χ2n) is 3.48. The lowest BCUT2D eigenvalue weighted by Crippen LogP contribution is -2.35. The lowest BCUT2D eigenvalue weighted by molar-refractivity contribution is -0.141. The highest BCUT2D eigenvalue weighted by Gasteiger charge is 2.12. The van der Waals surface area contributed by atoms with Crippen LogP contribution in [0.4, 0.5) is 0 Å². The average molecular weight is 237 g/mol. The molecule has 15 heavy (non-hydrogen) atoms. The second kappa shape index (κ2) is 6.79. The molecule has 0 aliphatic carbocycles. The van der Waals surface area contributed by atoms with E-state index in [0.717, 1.165) is 6.42 Å². The van der Waals surface area contributed by atoms with Crippen LogP contribution in [0, 0.1) is 0 Å². The van der Waals surface area contributed by atoms with E-state index in [1.165, 1.54) is 13.4 Å². The maximum absolute atomic E-state index is 11.0. The topological polar surface area (TPSA) is 63.7 Å². The average Bonchev–Trinajstić information content (AvgIpc) is 2.13. The maximum atomic E-state index is 11.0. The molecule has 0 aromatic heterocycles. The number of sulfone groups is 1. The molecule has 90 valence electrons. The van der Waals surface area contributed by atoms with Gasteiger partial charge in [0.25, 0.3) is 0 Å². The fraction of sp³-hybridized carbons (Fsp3) is 0.889. The van der Waals surface area contributed by atoms with Crippen LogP contribution in [0.5, 0.6) is 0 Å². The SMILES string of the molecule is CCCN(CCS(C)(=O)=O)CC(=O)OC. The fourth-order valence-electron chi connectivity index (χ4n) is 1.13. The summed E-state index contributed by atoms with van der Waals surface area (Å²) in [5, 5.41) is 0. The molecule has 0 saturated carbocycles. The number of hydrogen-bond acceptors (Lipinski definition) is 5. The standard InChI is InChI=1S/C9H19NO4S/c1-4-5-10(8-9(11)14-2)6-7-15(3,12)13/h4-8H2,1-3H3. The van der Waals surface area contributed by atoms with Crippen molar-refractivity contribution in [1.29, 1.82) is 0 Å². The number of hydrogen-bond donors (Lipinski definition) is 0. The molecule has 0 radical (unpaired) electrons. The Hall–Kier alpha value is -0.620. The summed E-state index contributed by atoms with van der Waals surface area (Å²) in [4.78, 5) is 12.8. The minimum absolute atomic E-state index is 0.0734. The van der Waals surface area contributed by atoms with E-state index in [4.69, 9.17) is 0 Å². The fourth-order valence-corrected chi connectivity index (χ4v) is 1.72. The quantitative estimate of drug-likeness (QED) is 0.579. The first-order chi connectivity index (χ1) is 6.89. The van der Waals surface area contributed by atoms with Crippen molar-refractivity contribution < 1.29 is 17.9 Å². The van der Waals surface area contributed by atoms with Gasteiger partial charge in [-0.15, -0.1) is 0 Å². The molecule has 0 heterocycles. The van der Waals surface area contributed by atoms with E-state index in [0.29, 0.717) is 13.1 Å². The molecule has 0 aliphatic rings. The van der Waals surface area contributed by atoms with Gasteiger partial charge >= 0.3 is 5.97 Å². The third-order valence-corrected chi connectivity index (χ3v) is 2.82. The largest absolute Gasteiger partial charge is 0.468 e. The minimum Gasteiger partial charge on any atom is -0.468 e. The van der Waals surface area contributed by atoms with Gasteiger partial charge < -0.3 is 4.74 Å². The zero-order valence-corrected chi connectivity index (χ0v) is 10.3. The van der Waals surface area contributed by atoms with E-state index < -0.39 is 9.84 Å². The van der Waals surface area contributed by atoms with Gasteiger partial charge in [-0.1, -0.05) is 6.92 Å². The summed E-state index contributed by atoms with van der Waals surface area (Å²) in [6.07, 6.45) is 2.07. The number of methoxy groups -OCH3 is 1. The highest BCUT2D eigenvalue weighted by atomic mass is 32.2. The van der Waals surface area contributed by atoms with Crippen molar-refractivity contribution in [2.45, 2.75) is 13.3 Å². The molecule has 0 aromatic rings. The molecule has 0 amide bonds. The summed E-state index contributed by atoms with van der Waals surface area (Å²) in [5.41, 5.74) is 0. The monoisotopic (exact) mass is 237 g/mol. The van der Waals surface area contributed by atoms with Gasteiger partial charge in [0, 0.05) is 12.8 Å². The first-order valence-corrected chi connectivity index (χ1v) is 6.92. The Labute approximate surface area is 91.3 Å². The number of carbonyl (C=O) groups excluding carboxylic acids is 1. The Morgan fingerprint density at radius 3 is 2.33 bits per heavy atom. The van der Waals surface area contributed by atoms with Gasteiger partial charge in [0.2, 0.25) is 0 Å². The van der Waals surface area contributed by atoms with Crippen molar-refractivity contribution in [1.82, 2.24) is 4.90 Å². The molecule has 0 aliphatic heterocycles. The van der Waals surface area contributed by atoms with Crippen LogP contribution in [0.1, 0.15) is 13.3 Å². The van der Waals surface area contributed by atoms with Crippen LogP contribution in [0.3, 0.4) is 0 Å².